The van der Waals surface area contributed by atoms with E-state index in [4.69, 9.17) is 11.6 Å². The quantitative estimate of drug-likeness (QED) is 0.528. The van der Waals surface area contributed by atoms with Crippen LogP contribution in [0.1, 0.15) is 19.7 Å². The molecule has 0 aliphatic heterocycles. The number of nitrogen functional groups attached to an aromatic ring is 2. The molecule has 0 saturated heterocycles. The van der Waals surface area contributed by atoms with E-state index < -0.39 is 0 Å². The molecule has 74 valence electrons. The number of aromatic nitrogens is 3. The van der Waals surface area contributed by atoms with Crippen molar-refractivity contribution in [2.45, 2.75) is 26.3 Å². The van der Waals surface area contributed by atoms with Crippen molar-refractivity contribution >= 4 is 5.95 Å². The highest BCUT2D eigenvalue weighted by atomic mass is 15.4. The summed E-state index contributed by atoms with van der Waals surface area (Å²) in [5.74, 6) is 6.53. The van der Waals surface area contributed by atoms with Gasteiger partial charge >= 0.3 is 0 Å². The Morgan fingerprint density at radius 3 is 2.69 bits per heavy atom. The Morgan fingerprint density at radius 2 is 2.23 bits per heavy atom. The van der Waals surface area contributed by atoms with E-state index in [1.165, 1.54) is 4.68 Å². The molecule has 1 heterocycles. The minimum Gasteiger partial charge on any atom is -0.366 e. The molecule has 0 aliphatic carbocycles. The smallest absolute Gasteiger partial charge is 0.240 e. The fraction of sp³-hybridized carbons (Fsp3) is 0.714. The number of hydrogen-bond donors (Lipinski definition) is 3. The third-order valence-corrected chi connectivity index (χ3v) is 1.83. The second kappa shape index (κ2) is 4.08. The first kappa shape index (κ1) is 9.79. The molecule has 0 fully saturated rings. The molecule has 0 aliphatic rings. The van der Waals surface area contributed by atoms with E-state index in [0.717, 1.165) is 13.0 Å². The van der Waals surface area contributed by atoms with Crippen molar-refractivity contribution in [3.8, 4) is 0 Å². The molecule has 5 N–H and O–H groups in total. The van der Waals surface area contributed by atoms with Crippen molar-refractivity contribution in [2.75, 3.05) is 18.1 Å². The van der Waals surface area contributed by atoms with Crippen LogP contribution >= 0.6 is 0 Å². The van der Waals surface area contributed by atoms with Gasteiger partial charge in [0.15, 0.2) is 5.82 Å². The van der Waals surface area contributed by atoms with Gasteiger partial charge in [0.25, 0.3) is 0 Å². The van der Waals surface area contributed by atoms with Crippen LogP contribution in [0.5, 0.6) is 0 Å². The van der Waals surface area contributed by atoms with Crippen LogP contribution in [0.15, 0.2) is 0 Å². The van der Waals surface area contributed by atoms with Gasteiger partial charge in [0.05, 0.1) is 0 Å². The Labute approximate surface area is 77.3 Å². The van der Waals surface area contributed by atoms with Crippen molar-refractivity contribution < 1.29 is 0 Å². The van der Waals surface area contributed by atoms with Crippen LogP contribution in [-0.2, 0) is 6.42 Å². The van der Waals surface area contributed by atoms with Gasteiger partial charge in [-0.3, -0.25) is 0 Å². The van der Waals surface area contributed by atoms with Crippen LogP contribution in [0.2, 0.25) is 0 Å². The van der Waals surface area contributed by atoms with Crippen molar-refractivity contribution in [2.24, 2.45) is 0 Å². The first-order chi connectivity index (χ1) is 6.15. The number of nitrogens with two attached hydrogens (primary N) is 2. The fourth-order valence-corrected chi connectivity index (χ4v) is 1.17. The first-order valence-electron chi connectivity index (χ1n) is 4.33. The van der Waals surface area contributed by atoms with E-state index in [2.05, 4.69) is 29.4 Å². The Balaban J connectivity index is 2.58. The molecular weight excluding hydrogens is 168 g/mol. The fourth-order valence-electron chi connectivity index (χ4n) is 1.17. The summed E-state index contributed by atoms with van der Waals surface area (Å²) >= 11 is 0. The van der Waals surface area contributed by atoms with Gasteiger partial charge in [0.1, 0.15) is 0 Å². The number of likely N-dealkylation sites (N-methyl/N-ethyl adjacent to an activating group) is 1. The van der Waals surface area contributed by atoms with Gasteiger partial charge in [-0.2, -0.15) is 0 Å². The molecule has 0 amide bonds. The molecule has 6 nitrogen and oxygen atoms in total. The summed E-state index contributed by atoms with van der Waals surface area (Å²) in [7, 11) is 0. The zero-order valence-corrected chi connectivity index (χ0v) is 7.99. The molecule has 1 rings (SSSR count). The minimum atomic E-state index is 0.249. The predicted octanol–water partition coefficient (Wildman–Crippen LogP) is -0.885. The van der Waals surface area contributed by atoms with Crippen molar-refractivity contribution in [3.05, 3.63) is 5.82 Å². The van der Waals surface area contributed by atoms with Gasteiger partial charge in [0, 0.05) is 12.5 Å². The van der Waals surface area contributed by atoms with Gasteiger partial charge < -0.3 is 16.9 Å². The van der Waals surface area contributed by atoms with E-state index >= 15 is 0 Å². The maximum absolute atomic E-state index is 5.59. The predicted molar refractivity (Wildman–Crippen MR) is 51.4 cm³/mol. The lowest BCUT2D eigenvalue weighted by Gasteiger charge is -2.10. The minimum absolute atomic E-state index is 0.249. The Kier molecular flexibility index (Phi) is 3.07. The van der Waals surface area contributed by atoms with Gasteiger partial charge in [-0.1, -0.05) is 6.92 Å². The van der Waals surface area contributed by atoms with Crippen LogP contribution in [-0.4, -0.2) is 27.5 Å². The van der Waals surface area contributed by atoms with Crippen LogP contribution in [0.25, 0.3) is 0 Å². The lowest BCUT2D eigenvalue weighted by Crippen LogP contribution is -2.30. The third-order valence-electron chi connectivity index (χ3n) is 1.83. The molecule has 1 unspecified atom stereocenters. The average Bonchev–Trinajstić information content (AvgIpc) is 2.37. The highest BCUT2D eigenvalue weighted by molar-refractivity contribution is 5.17. The van der Waals surface area contributed by atoms with Gasteiger partial charge in [-0.15, -0.1) is 10.2 Å². The largest absolute Gasteiger partial charge is 0.366 e. The second-order valence-electron chi connectivity index (χ2n) is 3.01. The summed E-state index contributed by atoms with van der Waals surface area (Å²) in [6.45, 7) is 5.04. The van der Waals surface area contributed by atoms with Gasteiger partial charge in [0.2, 0.25) is 5.95 Å². The summed E-state index contributed by atoms with van der Waals surface area (Å²) in [6, 6.07) is 0.330. The van der Waals surface area contributed by atoms with E-state index in [1.54, 1.807) is 0 Å². The van der Waals surface area contributed by atoms with Crippen molar-refractivity contribution in [3.63, 3.8) is 0 Å². The number of hydrogen-bond acceptors (Lipinski definition) is 5. The first-order valence-corrected chi connectivity index (χ1v) is 4.33. The molecule has 0 radical (unpaired) electrons. The number of nitrogens with one attached hydrogen (secondary N) is 1. The molecular formula is C7H16N6. The molecule has 0 bridgehead atoms. The van der Waals surface area contributed by atoms with E-state index in [0.29, 0.717) is 11.9 Å². The topological polar surface area (TPSA) is 94.8 Å². The van der Waals surface area contributed by atoms with E-state index in [9.17, 15) is 0 Å². The lowest BCUT2D eigenvalue weighted by molar-refractivity contribution is 0.546. The average molecular weight is 184 g/mol. The highest BCUT2D eigenvalue weighted by Crippen LogP contribution is 2.01. The molecule has 1 aromatic rings. The van der Waals surface area contributed by atoms with Crippen LogP contribution in [0, 0.1) is 0 Å². The zero-order chi connectivity index (χ0) is 9.84. The summed E-state index contributed by atoms with van der Waals surface area (Å²) in [4.78, 5) is 0. The standard InChI is InChI=1S/C7H16N6/c1-3-10-5(2)4-6-11-12-7(8)13(6)9/h5,10H,3-4,9H2,1-2H3,(H2,8,12). The molecule has 0 saturated carbocycles. The molecule has 6 heteroatoms. The maximum atomic E-state index is 5.59. The summed E-state index contributed by atoms with van der Waals surface area (Å²) in [5.41, 5.74) is 5.43. The number of anilines is 1. The maximum Gasteiger partial charge on any atom is 0.240 e. The van der Waals surface area contributed by atoms with Gasteiger partial charge in [-0.25, -0.2) is 4.68 Å². The molecule has 13 heavy (non-hydrogen) atoms. The Morgan fingerprint density at radius 1 is 1.54 bits per heavy atom. The number of rotatable bonds is 4. The SMILES string of the molecule is CCNC(C)Cc1nnc(N)n1N. The normalized spacial score (nSPS) is 13.1. The Hall–Kier alpha value is -1.30. The third kappa shape index (κ3) is 2.32. The summed E-state index contributed by atoms with van der Waals surface area (Å²) in [5, 5.41) is 10.8. The van der Waals surface area contributed by atoms with Crippen LogP contribution < -0.4 is 16.9 Å². The summed E-state index contributed by atoms with van der Waals surface area (Å²) < 4.78 is 1.31. The van der Waals surface area contributed by atoms with Crippen molar-refractivity contribution in [1.82, 2.24) is 20.2 Å². The highest BCUT2D eigenvalue weighted by Gasteiger charge is 2.09. The molecule has 1 atom stereocenters. The molecule has 0 spiro atoms. The Bertz CT molecular complexity index is 268. The lowest BCUT2D eigenvalue weighted by atomic mass is 10.2. The van der Waals surface area contributed by atoms with Gasteiger partial charge in [-0.05, 0) is 13.5 Å². The molecule has 1 aromatic heterocycles. The summed E-state index contributed by atoms with van der Waals surface area (Å²) in [6.07, 6.45) is 0.731. The number of nitrogens with zero attached hydrogens (tertiary/aromatic N) is 3. The zero-order valence-electron chi connectivity index (χ0n) is 7.99. The van der Waals surface area contributed by atoms with E-state index in [1.807, 2.05) is 0 Å². The van der Waals surface area contributed by atoms with Crippen LogP contribution in [0.3, 0.4) is 0 Å². The van der Waals surface area contributed by atoms with Crippen molar-refractivity contribution in [1.29, 1.82) is 0 Å². The van der Waals surface area contributed by atoms with E-state index in [-0.39, 0.29) is 5.95 Å². The second-order valence-corrected chi connectivity index (χ2v) is 3.01. The monoisotopic (exact) mass is 184 g/mol. The molecule has 0 aromatic carbocycles. The van der Waals surface area contributed by atoms with Crippen LogP contribution in [0.4, 0.5) is 5.95 Å².